The lowest BCUT2D eigenvalue weighted by molar-refractivity contribution is -0.121. The molecule has 1 heterocycles. The van der Waals surface area contributed by atoms with E-state index in [-0.39, 0.29) is 23.4 Å². The first-order valence-corrected chi connectivity index (χ1v) is 10.2. The SMILES string of the molecule is CC(C)c1ccccc1NC(=O)C(C)N1CCN(C(=O)c2ccc(F)c(F)c2)CC1. The van der Waals surface area contributed by atoms with E-state index >= 15 is 0 Å². The van der Waals surface area contributed by atoms with Crippen LogP contribution in [0.5, 0.6) is 0 Å². The summed E-state index contributed by atoms with van der Waals surface area (Å²) >= 11 is 0. The Labute approximate surface area is 175 Å². The summed E-state index contributed by atoms with van der Waals surface area (Å²) in [6.45, 7) is 7.89. The molecule has 3 rings (SSSR count). The van der Waals surface area contributed by atoms with Gasteiger partial charge < -0.3 is 10.2 Å². The molecule has 1 aliphatic rings. The second kappa shape index (κ2) is 9.34. The zero-order valence-electron chi connectivity index (χ0n) is 17.5. The van der Waals surface area contributed by atoms with Crippen LogP contribution >= 0.6 is 0 Å². The summed E-state index contributed by atoms with van der Waals surface area (Å²) in [6, 6.07) is 10.6. The lowest BCUT2D eigenvalue weighted by Gasteiger charge is -2.37. The first-order valence-electron chi connectivity index (χ1n) is 10.2. The van der Waals surface area contributed by atoms with Crippen LogP contribution in [0.2, 0.25) is 0 Å². The summed E-state index contributed by atoms with van der Waals surface area (Å²) in [5.74, 6) is -2.15. The Hall–Kier alpha value is -2.80. The van der Waals surface area contributed by atoms with E-state index in [9.17, 15) is 18.4 Å². The molecule has 30 heavy (non-hydrogen) atoms. The molecule has 1 N–H and O–H groups in total. The van der Waals surface area contributed by atoms with Crippen molar-refractivity contribution in [3.63, 3.8) is 0 Å². The fourth-order valence-electron chi connectivity index (χ4n) is 3.64. The zero-order valence-corrected chi connectivity index (χ0v) is 17.5. The summed E-state index contributed by atoms with van der Waals surface area (Å²) in [5.41, 5.74) is 2.02. The molecular formula is C23H27F2N3O2. The summed E-state index contributed by atoms with van der Waals surface area (Å²) in [5, 5.41) is 3.02. The highest BCUT2D eigenvalue weighted by Crippen LogP contribution is 2.24. The summed E-state index contributed by atoms with van der Waals surface area (Å²) in [7, 11) is 0. The predicted octanol–water partition coefficient (Wildman–Crippen LogP) is 3.87. The second-order valence-electron chi connectivity index (χ2n) is 7.86. The standard InChI is InChI=1S/C23H27F2N3O2/c1-15(2)18-6-4-5-7-21(18)26-22(29)16(3)27-10-12-28(13-11-27)23(30)17-8-9-19(24)20(25)14-17/h4-9,14-16H,10-13H2,1-3H3,(H,26,29). The molecule has 0 bridgehead atoms. The van der Waals surface area contributed by atoms with Crippen LogP contribution in [0.25, 0.3) is 0 Å². The Morgan fingerprint density at radius 2 is 1.60 bits per heavy atom. The molecule has 0 aromatic heterocycles. The van der Waals surface area contributed by atoms with Crippen LogP contribution in [0.1, 0.15) is 42.6 Å². The van der Waals surface area contributed by atoms with Crippen molar-refractivity contribution in [2.45, 2.75) is 32.7 Å². The minimum atomic E-state index is -1.04. The molecule has 0 aliphatic carbocycles. The maximum Gasteiger partial charge on any atom is 0.254 e. The number of hydrogen-bond acceptors (Lipinski definition) is 3. The molecule has 7 heteroatoms. The van der Waals surface area contributed by atoms with E-state index in [2.05, 4.69) is 19.2 Å². The highest BCUT2D eigenvalue weighted by Gasteiger charge is 2.28. The van der Waals surface area contributed by atoms with Gasteiger partial charge in [-0.1, -0.05) is 32.0 Å². The lowest BCUT2D eigenvalue weighted by Crippen LogP contribution is -2.54. The molecule has 0 saturated carbocycles. The monoisotopic (exact) mass is 415 g/mol. The quantitative estimate of drug-likeness (QED) is 0.807. The van der Waals surface area contributed by atoms with Gasteiger partial charge in [0, 0.05) is 37.4 Å². The molecular weight excluding hydrogens is 388 g/mol. The zero-order chi connectivity index (χ0) is 21.8. The highest BCUT2D eigenvalue weighted by atomic mass is 19.2. The van der Waals surface area contributed by atoms with Crippen LogP contribution in [0, 0.1) is 11.6 Å². The van der Waals surface area contributed by atoms with E-state index in [1.54, 1.807) is 4.90 Å². The lowest BCUT2D eigenvalue weighted by atomic mass is 10.0. The maximum atomic E-state index is 13.4. The number of carbonyl (C=O) groups excluding carboxylic acids is 2. The molecule has 0 radical (unpaired) electrons. The number of amides is 2. The normalized spacial score (nSPS) is 15.9. The van der Waals surface area contributed by atoms with Gasteiger partial charge in [-0.3, -0.25) is 14.5 Å². The number of piperazine rings is 1. The first kappa shape index (κ1) is 21.9. The van der Waals surface area contributed by atoms with Crippen molar-refractivity contribution in [2.75, 3.05) is 31.5 Å². The fourth-order valence-corrected chi connectivity index (χ4v) is 3.64. The largest absolute Gasteiger partial charge is 0.336 e. The van der Waals surface area contributed by atoms with Crippen LogP contribution in [-0.2, 0) is 4.79 Å². The van der Waals surface area contributed by atoms with Crippen LogP contribution in [0.3, 0.4) is 0 Å². The number of hydrogen-bond donors (Lipinski definition) is 1. The summed E-state index contributed by atoms with van der Waals surface area (Å²) in [6.07, 6.45) is 0. The van der Waals surface area contributed by atoms with Crippen molar-refractivity contribution in [3.8, 4) is 0 Å². The van der Waals surface area contributed by atoms with E-state index in [4.69, 9.17) is 0 Å². The molecule has 160 valence electrons. The third-order valence-corrected chi connectivity index (χ3v) is 5.54. The number of para-hydroxylation sites is 1. The summed E-state index contributed by atoms with van der Waals surface area (Å²) in [4.78, 5) is 29.0. The van der Waals surface area contributed by atoms with E-state index in [1.165, 1.54) is 6.07 Å². The van der Waals surface area contributed by atoms with Crippen LogP contribution < -0.4 is 5.32 Å². The van der Waals surface area contributed by atoms with Gasteiger partial charge in [-0.15, -0.1) is 0 Å². The topological polar surface area (TPSA) is 52.7 Å². The van der Waals surface area contributed by atoms with Crippen LogP contribution in [0.4, 0.5) is 14.5 Å². The number of benzene rings is 2. The Morgan fingerprint density at radius 3 is 2.23 bits per heavy atom. The van der Waals surface area contributed by atoms with E-state index < -0.39 is 11.6 Å². The molecule has 1 fully saturated rings. The van der Waals surface area contributed by atoms with Gasteiger partial charge in [-0.05, 0) is 42.7 Å². The molecule has 1 aliphatic heterocycles. The van der Waals surface area contributed by atoms with Crippen molar-refractivity contribution in [1.29, 1.82) is 0 Å². The van der Waals surface area contributed by atoms with E-state index in [1.807, 2.05) is 36.1 Å². The number of rotatable bonds is 5. The maximum absolute atomic E-state index is 13.4. The molecule has 5 nitrogen and oxygen atoms in total. The molecule has 1 atom stereocenters. The predicted molar refractivity (Wildman–Crippen MR) is 112 cm³/mol. The number of anilines is 1. The Morgan fingerprint density at radius 1 is 0.933 bits per heavy atom. The average molecular weight is 415 g/mol. The second-order valence-corrected chi connectivity index (χ2v) is 7.86. The molecule has 1 unspecified atom stereocenters. The van der Waals surface area contributed by atoms with Gasteiger partial charge in [0.2, 0.25) is 5.91 Å². The smallest absolute Gasteiger partial charge is 0.254 e. The molecule has 2 aromatic carbocycles. The van der Waals surface area contributed by atoms with Gasteiger partial charge >= 0.3 is 0 Å². The molecule has 0 spiro atoms. The van der Waals surface area contributed by atoms with Crippen molar-refractivity contribution in [3.05, 3.63) is 65.2 Å². The minimum absolute atomic E-state index is 0.0940. The average Bonchev–Trinajstić information content (AvgIpc) is 2.75. The van der Waals surface area contributed by atoms with Crippen molar-refractivity contribution in [2.24, 2.45) is 0 Å². The van der Waals surface area contributed by atoms with Crippen molar-refractivity contribution in [1.82, 2.24) is 9.80 Å². The third kappa shape index (κ3) is 4.84. The molecule has 2 aromatic rings. The number of carbonyl (C=O) groups is 2. The van der Waals surface area contributed by atoms with Crippen molar-refractivity contribution < 1.29 is 18.4 Å². The summed E-state index contributed by atoms with van der Waals surface area (Å²) < 4.78 is 26.5. The Balaban J connectivity index is 1.58. The van der Waals surface area contributed by atoms with Crippen LogP contribution in [0.15, 0.2) is 42.5 Å². The molecule has 2 amide bonds. The van der Waals surface area contributed by atoms with Gasteiger partial charge in [0.1, 0.15) is 0 Å². The Bertz CT molecular complexity index is 924. The molecule has 1 saturated heterocycles. The van der Waals surface area contributed by atoms with Gasteiger partial charge in [-0.25, -0.2) is 8.78 Å². The fraction of sp³-hybridized carbons (Fsp3) is 0.391. The van der Waals surface area contributed by atoms with E-state index in [0.29, 0.717) is 32.1 Å². The third-order valence-electron chi connectivity index (χ3n) is 5.54. The van der Waals surface area contributed by atoms with E-state index in [0.717, 1.165) is 23.4 Å². The first-order chi connectivity index (χ1) is 14.3. The van der Waals surface area contributed by atoms with Gasteiger partial charge in [0.25, 0.3) is 5.91 Å². The number of halogens is 2. The van der Waals surface area contributed by atoms with Crippen molar-refractivity contribution >= 4 is 17.5 Å². The Kier molecular flexibility index (Phi) is 6.82. The van der Waals surface area contributed by atoms with Gasteiger partial charge in [-0.2, -0.15) is 0 Å². The van der Waals surface area contributed by atoms with Crippen LogP contribution in [-0.4, -0.2) is 53.8 Å². The minimum Gasteiger partial charge on any atom is -0.336 e. The number of nitrogens with one attached hydrogen (secondary N) is 1. The number of nitrogens with zero attached hydrogens (tertiary/aromatic N) is 2. The van der Waals surface area contributed by atoms with Gasteiger partial charge in [0.05, 0.1) is 6.04 Å². The van der Waals surface area contributed by atoms with Gasteiger partial charge in [0.15, 0.2) is 11.6 Å². The highest BCUT2D eigenvalue weighted by molar-refractivity contribution is 5.96.